The molecule has 0 fully saturated rings. The fourth-order valence-electron chi connectivity index (χ4n) is 3.13. The molecule has 0 radical (unpaired) electrons. The van der Waals surface area contributed by atoms with Crippen LogP contribution in [0.25, 0.3) is 0 Å². The standard InChI is InChI=1S/C24H24N4O6S.K.H/c1-27(19-10-4-2-5-11-19)23(30)17-28(20-12-6-3-7-13-20)22(29)16-25-24(31)26-18-9-8-14-21(15-18)35(32,33)34;;/h2-15H,16-17H2,1H3,(H2,25,26,31)(H,32,33,34);;. The van der Waals surface area contributed by atoms with Gasteiger partial charge in [-0.1, -0.05) is 42.5 Å². The normalized spacial score (nSPS) is 10.5. The molecule has 3 aromatic rings. The first kappa shape index (κ1) is 29.6. The molecule has 3 rings (SSSR count). The molecule has 12 heteroatoms. The van der Waals surface area contributed by atoms with Crippen LogP contribution < -0.4 is 20.4 Å². The van der Waals surface area contributed by atoms with E-state index >= 15 is 0 Å². The SMILES string of the molecule is CN(C(=O)CN(C(=O)CNC(=O)Nc1cccc(S(=O)(=O)O)c1)c1ccccc1)c1ccccc1.[KH]. The summed E-state index contributed by atoms with van der Waals surface area (Å²) in [5.74, 6) is -0.868. The summed E-state index contributed by atoms with van der Waals surface area (Å²) in [7, 11) is -2.83. The van der Waals surface area contributed by atoms with Gasteiger partial charge in [-0.3, -0.25) is 14.1 Å². The molecule has 0 aliphatic carbocycles. The summed E-state index contributed by atoms with van der Waals surface area (Å²) in [4.78, 5) is 40.5. The first-order chi connectivity index (χ1) is 16.6. The Morgan fingerprint density at radius 3 is 2.00 bits per heavy atom. The zero-order chi connectivity index (χ0) is 25.4. The molecule has 0 aliphatic heterocycles. The molecule has 0 heterocycles. The summed E-state index contributed by atoms with van der Waals surface area (Å²) in [5, 5.41) is 4.79. The van der Waals surface area contributed by atoms with E-state index in [2.05, 4.69) is 10.6 Å². The summed E-state index contributed by atoms with van der Waals surface area (Å²) < 4.78 is 31.7. The minimum absolute atomic E-state index is 0. The van der Waals surface area contributed by atoms with Gasteiger partial charge in [0.1, 0.15) is 6.54 Å². The van der Waals surface area contributed by atoms with Crippen LogP contribution in [0.2, 0.25) is 0 Å². The van der Waals surface area contributed by atoms with E-state index in [-0.39, 0.29) is 74.4 Å². The molecule has 10 nitrogen and oxygen atoms in total. The van der Waals surface area contributed by atoms with Gasteiger partial charge in [-0.25, -0.2) is 4.79 Å². The Bertz CT molecular complexity index is 1310. The number of urea groups is 1. The quantitative estimate of drug-likeness (QED) is 0.298. The number of hydrogen-bond donors (Lipinski definition) is 3. The second kappa shape index (κ2) is 13.6. The van der Waals surface area contributed by atoms with Crippen LogP contribution in [0, 0.1) is 0 Å². The van der Waals surface area contributed by atoms with E-state index in [1.54, 1.807) is 61.6 Å². The molecule has 3 aromatic carbocycles. The number of rotatable bonds is 8. The van der Waals surface area contributed by atoms with Gasteiger partial charge in [0.25, 0.3) is 10.1 Å². The van der Waals surface area contributed by atoms with Crippen molar-refractivity contribution in [2.24, 2.45) is 0 Å². The van der Waals surface area contributed by atoms with Crippen LogP contribution >= 0.6 is 0 Å². The van der Waals surface area contributed by atoms with Crippen molar-refractivity contribution >= 4 is 96.4 Å². The van der Waals surface area contributed by atoms with E-state index < -0.39 is 28.6 Å². The predicted octanol–water partition coefficient (Wildman–Crippen LogP) is 2.10. The molecule has 36 heavy (non-hydrogen) atoms. The van der Waals surface area contributed by atoms with Gasteiger partial charge in [-0.15, -0.1) is 0 Å². The molecule has 4 amide bonds. The van der Waals surface area contributed by atoms with E-state index in [4.69, 9.17) is 4.55 Å². The van der Waals surface area contributed by atoms with Gasteiger partial charge < -0.3 is 20.4 Å². The maximum absolute atomic E-state index is 13.0. The molecule has 0 bridgehead atoms. The van der Waals surface area contributed by atoms with Crippen molar-refractivity contribution in [1.29, 1.82) is 0 Å². The molecule has 0 saturated carbocycles. The number of nitrogens with zero attached hydrogens (tertiary/aromatic N) is 2. The van der Waals surface area contributed by atoms with Gasteiger partial charge in [-0.2, -0.15) is 8.42 Å². The Morgan fingerprint density at radius 2 is 1.42 bits per heavy atom. The average Bonchev–Trinajstić information content (AvgIpc) is 2.86. The summed E-state index contributed by atoms with van der Waals surface area (Å²) in [5.41, 5.74) is 1.25. The van der Waals surface area contributed by atoms with Crippen molar-refractivity contribution in [2.75, 3.05) is 35.3 Å². The number of anilines is 3. The van der Waals surface area contributed by atoms with Crippen LogP contribution in [0.4, 0.5) is 21.9 Å². The molecule has 0 unspecified atom stereocenters. The van der Waals surface area contributed by atoms with E-state index in [0.29, 0.717) is 11.4 Å². The Kier molecular flexibility index (Phi) is 11.2. The monoisotopic (exact) mass is 536 g/mol. The zero-order valence-corrected chi connectivity index (χ0v) is 19.6. The second-order valence-corrected chi connectivity index (χ2v) is 8.84. The Morgan fingerprint density at radius 1 is 0.833 bits per heavy atom. The van der Waals surface area contributed by atoms with Crippen LogP contribution in [-0.4, -0.2) is 102 Å². The molecular weight excluding hydrogens is 511 g/mol. The molecule has 184 valence electrons. The van der Waals surface area contributed by atoms with Crippen molar-refractivity contribution < 1.29 is 27.4 Å². The average molecular weight is 537 g/mol. The number of hydrogen-bond acceptors (Lipinski definition) is 5. The first-order valence-electron chi connectivity index (χ1n) is 10.4. The third-order valence-corrected chi connectivity index (χ3v) is 5.82. The number of carbonyl (C=O) groups excluding carboxylic acids is 3. The summed E-state index contributed by atoms with van der Waals surface area (Å²) in [6.07, 6.45) is 0. The van der Waals surface area contributed by atoms with Gasteiger partial charge in [0.05, 0.1) is 11.4 Å². The van der Waals surface area contributed by atoms with Crippen molar-refractivity contribution in [1.82, 2.24) is 5.32 Å². The van der Waals surface area contributed by atoms with Gasteiger partial charge in [0.15, 0.2) is 0 Å². The Balaban J connectivity index is 0.00000456. The second-order valence-electron chi connectivity index (χ2n) is 7.41. The molecule has 0 aromatic heterocycles. The van der Waals surface area contributed by atoms with Crippen molar-refractivity contribution in [3.05, 3.63) is 84.9 Å². The van der Waals surface area contributed by atoms with Gasteiger partial charge in [0.2, 0.25) is 11.8 Å². The number of nitrogens with one attached hydrogen (secondary N) is 2. The third kappa shape index (κ3) is 8.52. The number of para-hydroxylation sites is 2. The molecule has 0 spiro atoms. The maximum atomic E-state index is 13.0. The van der Waals surface area contributed by atoms with Gasteiger partial charge in [-0.05, 0) is 42.5 Å². The molecule has 0 atom stereocenters. The minimum atomic E-state index is -4.44. The van der Waals surface area contributed by atoms with Crippen LogP contribution in [0.5, 0.6) is 0 Å². The van der Waals surface area contributed by atoms with Crippen molar-refractivity contribution in [2.45, 2.75) is 4.90 Å². The molecular formula is C24H25KN4O6S. The Hall–Kier alpha value is -2.58. The first-order valence-corrected chi connectivity index (χ1v) is 11.9. The van der Waals surface area contributed by atoms with Gasteiger partial charge in [0, 0.05) is 24.1 Å². The summed E-state index contributed by atoms with van der Waals surface area (Å²) >= 11 is 0. The fraction of sp³-hybridized carbons (Fsp3) is 0.125. The third-order valence-electron chi connectivity index (χ3n) is 4.97. The van der Waals surface area contributed by atoms with E-state index in [9.17, 15) is 22.8 Å². The fourth-order valence-corrected chi connectivity index (χ4v) is 3.66. The Labute approximate surface area is 251 Å². The molecule has 0 saturated heterocycles. The molecule has 3 N–H and O–H groups in total. The predicted molar refractivity (Wildman–Crippen MR) is 139 cm³/mol. The van der Waals surface area contributed by atoms with Crippen molar-refractivity contribution in [3.8, 4) is 0 Å². The topological polar surface area (TPSA) is 136 Å². The van der Waals surface area contributed by atoms with E-state index in [1.165, 1.54) is 28.0 Å². The van der Waals surface area contributed by atoms with Crippen LogP contribution in [0.1, 0.15) is 0 Å². The van der Waals surface area contributed by atoms with Crippen LogP contribution in [-0.2, 0) is 19.7 Å². The van der Waals surface area contributed by atoms with Crippen LogP contribution in [0.3, 0.4) is 0 Å². The van der Waals surface area contributed by atoms with E-state index in [0.717, 1.165) is 6.07 Å². The number of benzene rings is 3. The summed E-state index contributed by atoms with van der Waals surface area (Å²) in [6.45, 7) is -0.686. The van der Waals surface area contributed by atoms with Crippen LogP contribution in [0.15, 0.2) is 89.8 Å². The zero-order valence-electron chi connectivity index (χ0n) is 18.8. The summed E-state index contributed by atoms with van der Waals surface area (Å²) in [6, 6.07) is 21.8. The number of amides is 4. The van der Waals surface area contributed by atoms with Crippen molar-refractivity contribution in [3.63, 3.8) is 0 Å². The number of likely N-dealkylation sites (N-methyl/N-ethyl adjacent to an activating group) is 1. The van der Waals surface area contributed by atoms with Gasteiger partial charge >= 0.3 is 57.4 Å². The van der Waals surface area contributed by atoms with E-state index in [1.807, 2.05) is 6.07 Å². The molecule has 0 aliphatic rings. The number of carbonyl (C=O) groups is 3.